The van der Waals surface area contributed by atoms with Crippen molar-refractivity contribution >= 4 is 0 Å². The molecule has 18 heavy (non-hydrogen) atoms. The van der Waals surface area contributed by atoms with E-state index in [-0.39, 0.29) is 4.70 Å². The number of hydrogen-bond acceptors (Lipinski definition) is 0. The summed E-state index contributed by atoms with van der Waals surface area (Å²) >= 11 is 0. The van der Waals surface area contributed by atoms with E-state index in [9.17, 15) is 0 Å². The molecule has 2 heteroatoms. The highest BCUT2D eigenvalue weighted by molar-refractivity contribution is 4.56. The first-order chi connectivity index (χ1) is 8.33. The van der Waals surface area contributed by atoms with Crippen molar-refractivity contribution in [2.75, 3.05) is 26.2 Å². The summed E-state index contributed by atoms with van der Waals surface area (Å²) in [4.78, 5) is 0. The maximum Gasteiger partial charge on any atom is 0.0788 e. The Kier molecular flexibility index (Phi) is 10.7. The number of unbranched alkanes of at least 4 members (excludes halogenated alkanes) is 6. The van der Waals surface area contributed by atoms with Crippen LogP contribution < -0.4 is 4.70 Å². The molecular formula is C16H34FN. The third-order valence-electron chi connectivity index (χ3n) is 4.49. The van der Waals surface area contributed by atoms with Gasteiger partial charge in [0.25, 0.3) is 0 Å². The van der Waals surface area contributed by atoms with Gasteiger partial charge in [-0.05, 0) is 19.3 Å². The first-order valence-electron chi connectivity index (χ1n) is 8.18. The average molecular weight is 259 g/mol. The predicted molar refractivity (Wildman–Crippen MR) is 77.2 cm³/mol. The molecule has 1 aliphatic rings. The largest absolute Gasteiger partial charge is 1.00 e. The molecule has 0 spiro atoms. The van der Waals surface area contributed by atoms with E-state index in [0.717, 1.165) is 0 Å². The molecule has 0 radical (unpaired) electrons. The normalized spacial score (nSPS) is 17.7. The van der Waals surface area contributed by atoms with E-state index in [4.69, 9.17) is 0 Å². The smallest absolute Gasteiger partial charge is 0.0788 e. The van der Waals surface area contributed by atoms with Crippen LogP contribution in [0.3, 0.4) is 0 Å². The summed E-state index contributed by atoms with van der Waals surface area (Å²) in [6.45, 7) is 10.5. The molecular weight excluding hydrogens is 225 g/mol. The van der Waals surface area contributed by atoms with E-state index in [1.165, 1.54) is 94.9 Å². The third-order valence-corrected chi connectivity index (χ3v) is 4.49. The van der Waals surface area contributed by atoms with Crippen LogP contribution in [0.1, 0.15) is 78.1 Å². The lowest BCUT2D eigenvalue weighted by Crippen LogP contribution is -3.00. The van der Waals surface area contributed by atoms with Crippen LogP contribution in [0.15, 0.2) is 0 Å². The van der Waals surface area contributed by atoms with Gasteiger partial charge in [-0.15, -0.1) is 0 Å². The first kappa shape index (κ1) is 17.9. The molecule has 0 atom stereocenters. The highest BCUT2D eigenvalue weighted by Gasteiger charge is 2.30. The van der Waals surface area contributed by atoms with E-state index >= 15 is 0 Å². The fourth-order valence-electron chi connectivity index (χ4n) is 3.29. The Hall–Kier alpha value is -0.110. The lowest BCUT2D eigenvalue weighted by atomic mass is 10.1. The van der Waals surface area contributed by atoms with Crippen molar-refractivity contribution < 1.29 is 9.19 Å². The van der Waals surface area contributed by atoms with Crippen LogP contribution in [-0.2, 0) is 0 Å². The first-order valence-corrected chi connectivity index (χ1v) is 8.18. The van der Waals surface area contributed by atoms with Gasteiger partial charge in [0, 0.05) is 12.8 Å². The van der Waals surface area contributed by atoms with Crippen LogP contribution in [0.5, 0.6) is 0 Å². The fourth-order valence-corrected chi connectivity index (χ4v) is 3.29. The molecule has 0 bridgehead atoms. The summed E-state index contributed by atoms with van der Waals surface area (Å²) in [6.07, 6.45) is 14.5. The van der Waals surface area contributed by atoms with E-state index in [1.807, 2.05) is 0 Å². The van der Waals surface area contributed by atoms with Gasteiger partial charge in [0.1, 0.15) is 0 Å². The summed E-state index contributed by atoms with van der Waals surface area (Å²) in [5, 5.41) is 0. The standard InChI is InChI=1S/C16H34N.FH/c1-3-5-7-8-9-10-14-17(13-6-4-2)15-11-12-16-17;/h3-16H2,1-2H3;1H/q+1;/p-1. The van der Waals surface area contributed by atoms with Crippen LogP contribution in [0.25, 0.3) is 0 Å². The van der Waals surface area contributed by atoms with Crippen molar-refractivity contribution in [3.63, 3.8) is 0 Å². The number of rotatable bonds is 10. The second-order valence-electron chi connectivity index (χ2n) is 6.06. The van der Waals surface area contributed by atoms with Gasteiger partial charge >= 0.3 is 0 Å². The Balaban J connectivity index is 0.00000289. The maximum atomic E-state index is 2.33. The van der Waals surface area contributed by atoms with Gasteiger partial charge in [-0.2, -0.15) is 0 Å². The Bertz CT molecular complexity index is 176. The molecule has 1 saturated heterocycles. The van der Waals surface area contributed by atoms with Crippen LogP contribution in [0.2, 0.25) is 0 Å². The molecule has 0 aromatic rings. The Morgan fingerprint density at radius 2 is 1.17 bits per heavy atom. The SMILES string of the molecule is CCCCCCCC[N+]1(CCCC)CCCC1.[F-]. The minimum absolute atomic E-state index is 0. The molecule has 0 unspecified atom stereocenters. The molecule has 0 amide bonds. The van der Waals surface area contributed by atoms with Crippen LogP contribution in [0, 0.1) is 0 Å². The summed E-state index contributed by atoms with van der Waals surface area (Å²) in [6, 6.07) is 0. The number of hydrogen-bond donors (Lipinski definition) is 0. The Morgan fingerprint density at radius 3 is 1.78 bits per heavy atom. The van der Waals surface area contributed by atoms with E-state index in [2.05, 4.69) is 13.8 Å². The van der Waals surface area contributed by atoms with Crippen molar-refractivity contribution in [2.45, 2.75) is 78.1 Å². The zero-order valence-corrected chi connectivity index (χ0v) is 12.7. The zero-order valence-electron chi connectivity index (χ0n) is 12.7. The molecule has 1 heterocycles. The maximum absolute atomic E-state index is 2.33. The summed E-state index contributed by atoms with van der Waals surface area (Å²) < 4.78 is 1.47. The number of likely N-dealkylation sites (tertiary alicyclic amines) is 1. The average Bonchev–Trinajstić information content (AvgIpc) is 2.80. The molecule has 110 valence electrons. The quantitative estimate of drug-likeness (QED) is 0.414. The zero-order chi connectivity index (χ0) is 12.4. The van der Waals surface area contributed by atoms with Gasteiger partial charge in [-0.25, -0.2) is 0 Å². The van der Waals surface area contributed by atoms with Crippen molar-refractivity contribution in [3.05, 3.63) is 0 Å². The van der Waals surface area contributed by atoms with Crippen LogP contribution >= 0.6 is 0 Å². The molecule has 1 aliphatic heterocycles. The molecule has 1 nitrogen and oxygen atoms in total. The van der Waals surface area contributed by atoms with Crippen molar-refractivity contribution in [1.29, 1.82) is 0 Å². The lowest BCUT2D eigenvalue weighted by Gasteiger charge is -2.34. The Morgan fingerprint density at radius 1 is 0.667 bits per heavy atom. The van der Waals surface area contributed by atoms with Gasteiger partial charge in [0.2, 0.25) is 0 Å². The molecule has 0 aliphatic carbocycles. The number of nitrogens with zero attached hydrogens (tertiary/aromatic N) is 1. The predicted octanol–water partition coefficient (Wildman–Crippen LogP) is 1.76. The molecule has 0 N–H and O–H groups in total. The Labute approximate surface area is 114 Å². The van der Waals surface area contributed by atoms with Crippen LogP contribution in [0.4, 0.5) is 0 Å². The highest BCUT2D eigenvalue weighted by atomic mass is 19.0. The topological polar surface area (TPSA) is 0 Å². The minimum Gasteiger partial charge on any atom is -1.00 e. The second kappa shape index (κ2) is 10.8. The van der Waals surface area contributed by atoms with E-state index in [1.54, 1.807) is 0 Å². The molecule has 0 aromatic carbocycles. The van der Waals surface area contributed by atoms with Crippen molar-refractivity contribution in [3.8, 4) is 0 Å². The number of halogens is 1. The fraction of sp³-hybridized carbons (Fsp3) is 1.00. The van der Waals surface area contributed by atoms with Crippen molar-refractivity contribution in [1.82, 2.24) is 0 Å². The monoisotopic (exact) mass is 259 g/mol. The minimum atomic E-state index is 0. The van der Waals surface area contributed by atoms with Gasteiger partial charge in [0.15, 0.2) is 0 Å². The summed E-state index contributed by atoms with van der Waals surface area (Å²) in [5.41, 5.74) is 0. The molecule has 1 fully saturated rings. The third kappa shape index (κ3) is 6.72. The molecule has 0 saturated carbocycles. The second-order valence-corrected chi connectivity index (χ2v) is 6.06. The van der Waals surface area contributed by atoms with Gasteiger partial charge in [-0.1, -0.05) is 46.0 Å². The van der Waals surface area contributed by atoms with Crippen LogP contribution in [-0.4, -0.2) is 30.7 Å². The summed E-state index contributed by atoms with van der Waals surface area (Å²) in [7, 11) is 0. The van der Waals surface area contributed by atoms with Gasteiger partial charge in [-0.3, -0.25) is 0 Å². The van der Waals surface area contributed by atoms with E-state index < -0.39 is 0 Å². The lowest BCUT2D eigenvalue weighted by molar-refractivity contribution is -0.917. The van der Waals surface area contributed by atoms with Gasteiger partial charge in [0.05, 0.1) is 26.2 Å². The molecule has 0 aromatic heterocycles. The van der Waals surface area contributed by atoms with Crippen molar-refractivity contribution in [2.24, 2.45) is 0 Å². The number of quaternary nitrogens is 1. The van der Waals surface area contributed by atoms with Gasteiger partial charge < -0.3 is 9.19 Å². The summed E-state index contributed by atoms with van der Waals surface area (Å²) in [5.74, 6) is 0. The highest BCUT2D eigenvalue weighted by Crippen LogP contribution is 2.22. The van der Waals surface area contributed by atoms with E-state index in [0.29, 0.717) is 0 Å². The molecule has 1 rings (SSSR count).